The lowest BCUT2D eigenvalue weighted by Crippen LogP contribution is -2.35. The van der Waals surface area contributed by atoms with Crippen LogP contribution in [0.15, 0.2) is 48.5 Å². The average Bonchev–Trinajstić information content (AvgIpc) is 3.67. The summed E-state index contributed by atoms with van der Waals surface area (Å²) in [5.41, 5.74) is 5.45. The molecule has 2 aromatic carbocycles. The van der Waals surface area contributed by atoms with Gasteiger partial charge in [0, 0.05) is 43.2 Å². The molecule has 1 aliphatic rings. The highest BCUT2D eigenvalue weighted by molar-refractivity contribution is 6.71. The lowest BCUT2D eigenvalue weighted by molar-refractivity contribution is -0.138. The SMILES string of the molecule is CC(C)O[Si](C)(C)CCCCCCCCCCCn1nnc2c1-c1ccccc1N(C(=O)CCNC(=O)CCOCCOCCOCCOCCOCCC(=O)O)Cc1ccccc1-2. The van der Waals surface area contributed by atoms with E-state index in [1.54, 1.807) is 0 Å². The zero-order valence-corrected chi connectivity index (χ0v) is 40.0. The van der Waals surface area contributed by atoms with Crippen LogP contribution in [0.2, 0.25) is 19.1 Å². The van der Waals surface area contributed by atoms with E-state index in [4.69, 9.17) is 38.3 Å². The van der Waals surface area contributed by atoms with Crippen LogP contribution in [-0.2, 0) is 55.6 Å². The minimum absolute atomic E-state index is 0.0218. The summed E-state index contributed by atoms with van der Waals surface area (Å²) in [7, 11) is -1.52. The number of aliphatic carboxylic acids is 1. The van der Waals surface area contributed by atoms with Gasteiger partial charge in [0.05, 0.1) is 90.4 Å². The van der Waals surface area contributed by atoms with Crippen molar-refractivity contribution in [2.75, 3.05) is 77.5 Å². The zero-order chi connectivity index (χ0) is 45.8. The Morgan fingerprint density at radius 3 is 1.83 bits per heavy atom. The van der Waals surface area contributed by atoms with Gasteiger partial charge in [0.15, 0.2) is 8.32 Å². The number of rotatable bonds is 35. The van der Waals surface area contributed by atoms with E-state index in [1.165, 1.54) is 51.0 Å². The second-order valence-corrected chi connectivity index (χ2v) is 21.3. The Labute approximate surface area is 382 Å². The largest absolute Gasteiger partial charge is 0.481 e. The fourth-order valence-corrected chi connectivity index (χ4v) is 10.3. The summed E-state index contributed by atoms with van der Waals surface area (Å²) in [4.78, 5) is 38.9. The van der Waals surface area contributed by atoms with Crippen LogP contribution >= 0.6 is 0 Å². The van der Waals surface area contributed by atoms with Crippen LogP contribution in [0.1, 0.15) is 96.5 Å². The molecule has 2 heterocycles. The predicted octanol–water partition coefficient (Wildman–Crippen LogP) is 8.05. The number of hydrogen-bond donors (Lipinski definition) is 2. The first-order chi connectivity index (χ1) is 31.1. The summed E-state index contributed by atoms with van der Waals surface area (Å²) in [6.07, 6.45) is 11.7. The summed E-state index contributed by atoms with van der Waals surface area (Å²) in [5.74, 6) is -1.15. The van der Waals surface area contributed by atoms with Crippen LogP contribution in [0.4, 0.5) is 5.69 Å². The standard InChI is InChI=1S/C48H75N5O10Si/c1-39(2)63-64(3,4)37-17-11-9-7-5-6-8-10-16-26-53-48-42-20-14-15-21-43(42)52(38-40-18-12-13-19-41(40)47(48)50-51-53)45(55)22-25-49-44(54)23-27-58-29-31-60-33-35-62-36-34-61-32-30-59-28-24-46(56)57/h12-15,18-21,39H,5-11,16-17,22-38H2,1-4H3,(H,49,54)(H,56,57). The van der Waals surface area contributed by atoms with Crippen molar-refractivity contribution in [2.24, 2.45) is 0 Å². The van der Waals surface area contributed by atoms with E-state index < -0.39 is 14.3 Å². The van der Waals surface area contributed by atoms with E-state index >= 15 is 0 Å². The molecule has 0 spiro atoms. The van der Waals surface area contributed by atoms with Gasteiger partial charge in [-0.15, -0.1) is 5.10 Å². The summed E-state index contributed by atoms with van der Waals surface area (Å²) in [5, 5.41) is 20.8. The molecule has 1 aromatic heterocycles. The Bertz CT molecular complexity index is 1810. The quantitative estimate of drug-likeness (QED) is 0.0430. The zero-order valence-electron chi connectivity index (χ0n) is 39.0. The fraction of sp³-hybridized carbons (Fsp3) is 0.646. The van der Waals surface area contributed by atoms with Gasteiger partial charge >= 0.3 is 5.97 Å². The Hall–Kier alpha value is -4.03. The van der Waals surface area contributed by atoms with Gasteiger partial charge in [-0.05, 0) is 51.0 Å². The Morgan fingerprint density at radius 1 is 0.688 bits per heavy atom. The van der Waals surface area contributed by atoms with Gasteiger partial charge in [-0.1, -0.05) is 99.0 Å². The number of carboxylic acids is 1. The molecule has 64 heavy (non-hydrogen) atoms. The highest BCUT2D eigenvalue weighted by Gasteiger charge is 2.29. The minimum Gasteiger partial charge on any atom is -0.481 e. The van der Waals surface area contributed by atoms with Crippen LogP contribution in [0.3, 0.4) is 0 Å². The molecule has 16 heteroatoms. The number of fused-ring (bicyclic) bond motifs is 5. The number of para-hydroxylation sites is 1. The maximum atomic E-state index is 14.0. The van der Waals surface area contributed by atoms with Crippen molar-refractivity contribution in [3.8, 4) is 22.5 Å². The number of anilines is 1. The first kappa shape index (κ1) is 52.6. The number of carbonyl (C=O) groups excluding carboxylic acids is 2. The van der Waals surface area contributed by atoms with Crippen LogP contribution in [0.5, 0.6) is 0 Å². The Balaban J connectivity index is 1.14. The van der Waals surface area contributed by atoms with Gasteiger partial charge in [0.1, 0.15) is 5.69 Å². The number of hydrogen-bond acceptors (Lipinski definition) is 11. The van der Waals surface area contributed by atoms with E-state index in [9.17, 15) is 14.4 Å². The van der Waals surface area contributed by atoms with E-state index in [0.29, 0.717) is 65.5 Å². The summed E-state index contributed by atoms with van der Waals surface area (Å²) >= 11 is 0. The molecule has 2 amide bonds. The van der Waals surface area contributed by atoms with Crippen molar-refractivity contribution < 1.29 is 47.6 Å². The van der Waals surface area contributed by atoms with Gasteiger partial charge in [-0.25, -0.2) is 4.68 Å². The monoisotopic (exact) mass is 910 g/mol. The third-order valence-corrected chi connectivity index (χ3v) is 13.5. The number of aromatic nitrogens is 3. The maximum absolute atomic E-state index is 14.0. The van der Waals surface area contributed by atoms with Crippen molar-refractivity contribution in [3.63, 3.8) is 0 Å². The lowest BCUT2D eigenvalue weighted by atomic mass is 9.95. The van der Waals surface area contributed by atoms with Gasteiger partial charge in [0.25, 0.3) is 0 Å². The van der Waals surface area contributed by atoms with E-state index in [2.05, 4.69) is 49.6 Å². The smallest absolute Gasteiger partial charge is 0.305 e. The van der Waals surface area contributed by atoms with Gasteiger partial charge in [0.2, 0.25) is 11.8 Å². The van der Waals surface area contributed by atoms with Gasteiger partial charge in [-0.2, -0.15) is 0 Å². The fourth-order valence-electron chi connectivity index (χ4n) is 7.78. The molecule has 356 valence electrons. The molecule has 0 saturated heterocycles. The van der Waals surface area contributed by atoms with Crippen molar-refractivity contribution >= 4 is 31.8 Å². The third-order valence-electron chi connectivity index (χ3n) is 10.9. The number of aryl methyl sites for hydroxylation is 1. The predicted molar refractivity (Wildman–Crippen MR) is 251 cm³/mol. The highest BCUT2D eigenvalue weighted by Crippen LogP contribution is 2.41. The van der Waals surface area contributed by atoms with Gasteiger partial charge in [-0.3, -0.25) is 14.4 Å². The number of nitrogens with zero attached hydrogens (tertiary/aromatic N) is 4. The molecule has 0 fully saturated rings. The average molecular weight is 910 g/mol. The normalized spacial score (nSPS) is 12.4. The summed E-state index contributed by atoms with van der Waals surface area (Å²) in [6.45, 7) is 13.8. The maximum Gasteiger partial charge on any atom is 0.305 e. The van der Waals surface area contributed by atoms with Crippen LogP contribution in [-0.4, -0.2) is 125 Å². The molecular weight excluding hydrogens is 835 g/mol. The number of carboxylic acid groups (broad SMARTS) is 1. The van der Waals surface area contributed by atoms with E-state index in [-0.39, 0.29) is 50.8 Å². The summed E-state index contributed by atoms with van der Waals surface area (Å²) < 4.78 is 35.2. The third kappa shape index (κ3) is 20.0. The molecule has 0 unspecified atom stereocenters. The number of nitrogens with one attached hydrogen (secondary N) is 1. The van der Waals surface area contributed by atoms with Crippen molar-refractivity contribution in [2.45, 2.75) is 129 Å². The number of benzene rings is 2. The Morgan fingerprint density at radius 2 is 1.22 bits per heavy atom. The molecule has 4 rings (SSSR count). The first-order valence-electron chi connectivity index (χ1n) is 23.5. The van der Waals surface area contributed by atoms with Crippen LogP contribution < -0.4 is 10.2 Å². The van der Waals surface area contributed by atoms with Crippen LogP contribution in [0.25, 0.3) is 22.5 Å². The molecular formula is C48H75N5O10Si. The van der Waals surface area contributed by atoms with E-state index in [1.807, 2.05) is 46.0 Å². The van der Waals surface area contributed by atoms with Crippen molar-refractivity contribution in [1.29, 1.82) is 0 Å². The molecule has 0 aliphatic carbocycles. The molecule has 2 N–H and O–H groups in total. The summed E-state index contributed by atoms with van der Waals surface area (Å²) in [6, 6.07) is 17.3. The molecule has 0 saturated carbocycles. The highest BCUT2D eigenvalue weighted by atomic mass is 28.4. The molecule has 3 aromatic rings. The molecule has 1 aliphatic heterocycles. The minimum atomic E-state index is -1.52. The lowest BCUT2D eigenvalue weighted by Gasteiger charge is -2.29. The van der Waals surface area contributed by atoms with Crippen molar-refractivity contribution in [1.82, 2.24) is 20.3 Å². The second kappa shape index (κ2) is 30.2. The molecule has 0 radical (unpaired) electrons. The number of amides is 2. The molecule has 15 nitrogen and oxygen atoms in total. The number of unbranched alkanes of at least 4 members (excludes halogenated alkanes) is 8. The number of ether oxygens (including phenoxy) is 5. The Kier molecular flexibility index (Phi) is 24.8. The van der Waals surface area contributed by atoms with Crippen LogP contribution in [0, 0.1) is 0 Å². The number of carbonyl (C=O) groups is 3. The first-order valence-corrected chi connectivity index (χ1v) is 26.6. The topological polar surface area (TPSA) is 173 Å². The second-order valence-electron chi connectivity index (χ2n) is 17.1. The van der Waals surface area contributed by atoms with Crippen molar-refractivity contribution in [3.05, 3.63) is 54.1 Å². The van der Waals surface area contributed by atoms with Gasteiger partial charge < -0.3 is 43.4 Å². The molecule has 0 bridgehead atoms. The van der Waals surface area contributed by atoms with E-state index in [0.717, 1.165) is 53.2 Å². The molecule has 0 atom stereocenters.